The lowest BCUT2D eigenvalue weighted by molar-refractivity contribution is -0.117. The molecule has 0 unspecified atom stereocenters. The van der Waals surface area contributed by atoms with E-state index >= 15 is 0 Å². The number of hydrogen-bond donors (Lipinski definition) is 1. The molecule has 3 rings (SSSR count). The van der Waals surface area contributed by atoms with Crippen LogP contribution in [-0.4, -0.2) is 40.6 Å². The maximum absolute atomic E-state index is 12.0. The first kappa shape index (κ1) is 13.0. The number of hydrogen-bond acceptors (Lipinski definition) is 5. The van der Waals surface area contributed by atoms with Crippen LogP contribution >= 0.6 is 11.3 Å². The summed E-state index contributed by atoms with van der Waals surface area (Å²) in [5.74, 6) is 1.34. The molecule has 1 N–H and O–H groups in total. The van der Waals surface area contributed by atoms with E-state index in [1.165, 1.54) is 37.0 Å². The van der Waals surface area contributed by atoms with Crippen LogP contribution in [0.2, 0.25) is 0 Å². The van der Waals surface area contributed by atoms with Crippen molar-refractivity contribution in [2.24, 2.45) is 5.92 Å². The van der Waals surface area contributed by atoms with Gasteiger partial charge in [-0.15, -0.1) is 10.2 Å². The van der Waals surface area contributed by atoms with E-state index in [0.717, 1.165) is 18.1 Å². The predicted molar refractivity (Wildman–Crippen MR) is 75.4 cm³/mol. The first-order valence-corrected chi connectivity index (χ1v) is 7.88. The van der Waals surface area contributed by atoms with Gasteiger partial charge in [-0.3, -0.25) is 15.0 Å². The molecule has 19 heavy (non-hydrogen) atoms. The highest BCUT2D eigenvalue weighted by atomic mass is 32.1. The largest absolute Gasteiger partial charge is 0.299 e. The summed E-state index contributed by atoms with van der Waals surface area (Å²) in [5, 5.41) is 12.8. The molecule has 5 nitrogen and oxygen atoms in total. The predicted octanol–water partition coefficient (Wildman–Crippen LogP) is 2.09. The van der Waals surface area contributed by atoms with Crippen LogP contribution in [0.4, 0.5) is 5.13 Å². The fourth-order valence-electron chi connectivity index (χ4n) is 2.57. The molecule has 2 fully saturated rings. The summed E-state index contributed by atoms with van der Waals surface area (Å²) in [6.45, 7) is 4.78. The van der Waals surface area contributed by atoms with Gasteiger partial charge in [0.15, 0.2) is 0 Å². The first-order chi connectivity index (χ1) is 9.20. The molecule has 0 bridgehead atoms. The number of anilines is 1. The summed E-state index contributed by atoms with van der Waals surface area (Å²) in [4.78, 5) is 14.2. The number of piperidine rings is 1. The third-order valence-corrected chi connectivity index (χ3v) is 4.72. The van der Waals surface area contributed by atoms with E-state index in [4.69, 9.17) is 0 Å². The number of rotatable bonds is 4. The molecule has 6 heteroatoms. The second-order valence-electron chi connectivity index (χ2n) is 5.75. The third-order valence-electron chi connectivity index (χ3n) is 3.72. The van der Waals surface area contributed by atoms with Gasteiger partial charge in [0, 0.05) is 12.5 Å². The molecule has 1 saturated carbocycles. The normalized spacial score (nSPS) is 24.4. The molecule has 1 atom stereocenters. The smallest absolute Gasteiger partial charge is 0.240 e. The van der Waals surface area contributed by atoms with E-state index in [9.17, 15) is 4.79 Å². The van der Waals surface area contributed by atoms with Crippen molar-refractivity contribution in [2.45, 2.75) is 38.5 Å². The molecule has 1 aromatic rings. The Morgan fingerprint density at radius 2 is 2.26 bits per heavy atom. The second kappa shape index (κ2) is 5.54. The lowest BCUT2D eigenvalue weighted by atomic mass is 10.0. The monoisotopic (exact) mass is 280 g/mol. The summed E-state index contributed by atoms with van der Waals surface area (Å²) in [6.07, 6.45) is 4.90. The number of aromatic nitrogens is 2. The van der Waals surface area contributed by atoms with Gasteiger partial charge in [-0.2, -0.15) is 0 Å². The highest BCUT2D eigenvalue weighted by Crippen LogP contribution is 2.41. The van der Waals surface area contributed by atoms with Crippen LogP contribution in [-0.2, 0) is 4.79 Å². The third kappa shape index (κ3) is 3.51. The number of carbonyl (C=O) groups excluding carboxylic acids is 1. The van der Waals surface area contributed by atoms with E-state index in [0.29, 0.717) is 23.5 Å². The zero-order chi connectivity index (χ0) is 13.2. The molecule has 1 aliphatic heterocycles. The number of nitrogens with one attached hydrogen (secondary N) is 1. The maximum atomic E-state index is 12.0. The molecule has 0 spiro atoms. The lowest BCUT2D eigenvalue weighted by Crippen LogP contribution is -2.39. The van der Waals surface area contributed by atoms with Crippen molar-refractivity contribution in [1.29, 1.82) is 0 Å². The molecule has 1 aromatic heterocycles. The van der Waals surface area contributed by atoms with Crippen molar-refractivity contribution >= 4 is 22.4 Å². The van der Waals surface area contributed by atoms with Crippen molar-refractivity contribution in [1.82, 2.24) is 15.1 Å². The Hall–Kier alpha value is -1.01. The number of amides is 1. The average Bonchev–Trinajstić information content (AvgIpc) is 3.11. The van der Waals surface area contributed by atoms with Gasteiger partial charge in [0.25, 0.3) is 0 Å². The lowest BCUT2D eigenvalue weighted by Gasteiger charge is -2.29. The van der Waals surface area contributed by atoms with Crippen LogP contribution < -0.4 is 5.32 Å². The zero-order valence-corrected chi connectivity index (χ0v) is 12.1. The van der Waals surface area contributed by atoms with Gasteiger partial charge in [-0.1, -0.05) is 18.3 Å². The molecule has 1 aliphatic carbocycles. The number of carbonyl (C=O) groups is 1. The Bertz CT molecular complexity index is 457. The topological polar surface area (TPSA) is 58.1 Å². The molecule has 0 aromatic carbocycles. The summed E-state index contributed by atoms with van der Waals surface area (Å²) in [7, 11) is 0. The summed E-state index contributed by atoms with van der Waals surface area (Å²) in [6, 6.07) is 0. The Balaban J connectivity index is 1.49. The quantitative estimate of drug-likeness (QED) is 0.917. The fraction of sp³-hybridized carbons (Fsp3) is 0.769. The van der Waals surface area contributed by atoms with Gasteiger partial charge < -0.3 is 0 Å². The van der Waals surface area contributed by atoms with Gasteiger partial charge in [-0.05, 0) is 38.1 Å². The Labute approximate surface area is 117 Å². The van der Waals surface area contributed by atoms with Gasteiger partial charge in [0.1, 0.15) is 5.01 Å². The SMILES string of the molecule is C[C@@H]1CCCN(CC(=O)Nc2nnc(C3CC3)s2)C1. The fourth-order valence-corrected chi connectivity index (χ4v) is 3.50. The highest BCUT2D eigenvalue weighted by molar-refractivity contribution is 7.15. The molecule has 2 aliphatic rings. The van der Waals surface area contributed by atoms with Crippen molar-refractivity contribution < 1.29 is 4.79 Å². The number of nitrogens with zero attached hydrogens (tertiary/aromatic N) is 3. The van der Waals surface area contributed by atoms with Crippen molar-refractivity contribution in [3.8, 4) is 0 Å². The van der Waals surface area contributed by atoms with Gasteiger partial charge in [0.05, 0.1) is 6.54 Å². The van der Waals surface area contributed by atoms with E-state index in [1.54, 1.807) is 0 Å². The van der Waals surface area contributed by atoms with Gasteiger partial charge in [0.2, 0.25) is 11.0 Å². The van der Waals surface area contributed by atoms with Crippen LogP contribution in [0.1, 0.15) is 43.5 Å². The van der Waals surface area contributed by atoms with Crippen molar-refractivity contribution in [3.63, 3.8) is 0 Å². The molecule has 0 radical (unpaired) electrons. The molecule has 104 valence electrons. The molecular weight excluding hydrogens is 260 g/mol. The van der Waals surface area contributed by atoms with Gasteiger partial charge in [-0.25, -0.2) is 0 Å². The standard InChI is InChI=1S/C13H20N4OS/c1-9-3-2-6-17(7-9)8-11(18)14-13-16-15-12(19-13)10-4-5-10/h9-10H,2-8H2,1H3,(H,14,16,18)/t9-/m1/s1. The highest BCUT2D eigenvalue weighted by Gasteiger charge is 2.28. The molecular formula is C13H20N4OS. The Morgan fingerprint density at radius 1 is 1.42 bits per heavy atom. The van der Waals surface area contributed by atoms with Gasteiger partial charge >= 0.3 is 0 Å². The minimum absolute atomic E-state index is 0.0348. The summed E-state index contributed by atoms with van der Waals surface area (Å²) < 4.78 is 0. The molecule has 2 heterocycles. The Morgan fingerprint density at radius 3 is 3.00 bits per heavy atom. The summed E-state index contributed by atoms with van der Waals surface area (Å²) in [5.41, 5.74) is 0. The van der Waals surface area contributed by atoms with Crippen molar-refractivity contribution in [3.05, 3.63) is 5.01 Å². The van der Waals surface area contributed by atoms with Crippen LogP contribution in [0.25, 0.3) is 0 Å². The zero-order valence-electron chi connectivity index (χ0n) is 11.3. The maximum Gasteiger partial charge on any atom is 0.240 e. The molecule has 1 amide bonds. The minimum atomic E-state index is 0.0348. The van der Waals surface area contributed by atoms with E-state index in [-0.39, 0.29) is 5.91 Å². The number of likely N-dealkylation sites (tertiary alicyclic amines) is 1. The van der Waals surface area contributed by atoms with E-state index < -0.39 is 0 Å². The first-order valence-electron chi connectivity index (χ1n) is 7.06. The van der Waals surface area contributed by atoms with E-state index in [1.807, 2.05) is 0 Å². The molecule has 1 saturated heterocycles. The second-order valence-corrected chi connectivity index (χ2v) is 6.76. The van der Waals surface area contributed by atoms with Crippen LogP contribution in [0.3, 0.4) is 0 Å². The Kier molecular flexibility index (Phi) is 3.79. The van der Waals surface area contributed by atoms with Crippen molar-refractivity contribution in [2.75, 3.05) is 25.0 Å². The van der Waals surface area contributed by atoms with Crippen LogP contribution in [0.15, 0.2) is 0 Å². The van der Waals surface area contributed by atoms with Crippen LogP contribution in [0, 0.1) is 5.92 Å². The minimum Gasteiger partial charge on any atom is -0.299 e. The average molecular weight is 280 g/mol. The van der Waals surface area contributed by atoms with E-state index in [2.05, 4.69) is 27.3 Å². The van der Waals surface area contributed by atoms with Crippen LogP contribution in [0.5, 0.6) is 0 Å². The summed E-state index contributed by atoms with van der Waals surface area (Å²) >= 11 is 1.52.